The summed E-state index contributed by atoms with van der Waals surface area (Å²) >= 11 is 2.93. The van der Waals surface area contributed by atoms with Crippen molar-refractivity contribution in [1.82, 2.24) is 9.88 Å². The molecule has 2 amide bonds. The number of amides is 2. The van der Waals surface area contributed by atoms with Gasteiger partial charge in [-0.1, -0.05) is 25.2 Å². The zero-order valence-corrected chi connectivity index (χ0v) is 17.5. The Morgan fingerprint density at radius 2 is 1.89 bits per heavy atom. The van der Waals surface area contributed by atoms with E-state index in [1.54, 1.807) is 18.7 Å². The molecule has 2 aliphatic carbocycles. The van der Waals surface area contributed by atoms with Crippen molar-refractivity contribution in [2.75, 3.05) is 13.2 Å². The quantitative estimate of drug-likeness (QED) is 0.587. The molecule has 0 aromatic carbocycles. The van der Waals surface area contributed by atoms with E-state index < -0.39 is 5.97 Å². The first kappa shape index (κ1) is 18.4. The van der Waals surface area contributed by atoms with Gasteiger partial charge in [-0.25, -0.2) is 0 Å². The summed E-state index contributed by atoms with van der Waals surface area (Å²) in [4.78, 5) is 55.1. The Morgan fingerprint density at radius 1 is 1.21 bits per heavy atom. The summed E-state index contributed by atoms with van der Waals surface area (Å²) in [5.74, 6) is -1.22. The molecule has 2 aliphatic heterocycles. The lowest BCUT2D eigenvalue weighted by Crippen LogP contribution is -2.48. The van der Waals surface area contributed by atoms with Crippen LogP contribution >= 0.6 is 23.1 Å². The maximum Gasteiger partial charge on any atom is 0.326 e. The SMILES string of the molecule is CCOC(=O)CN1C(=O)[C@H]2[C@H]3C[C@@H]([C@@H]2C1=O)[C@@H]1[C@@H]3Sc2[nH]c(=O)sc2C1(C)C. The number of nitrogens with zero attached hydrogens (tertiary/aromatic N) is 1. The van der Waals surface area contributed by atoms with Gasteiger partial charge in [0.2, 0.25) is 11.8 Å². The van der Waals surface area contributed by atoms with E-state index in [0.29, 0.717) is 0 Å². The van der Waals surface area contributed by atoms with Crippen molar-refractivity contribution in [1.29, 1.82) is 0 Å². The predicted octanol–water partition coefficient (Wildman–Crippen LogP) is 1.62. The van der Waals surface area contributed by atoms with Crippen LogP contribution in [0, 0.1) is 29.6 Å². The predicted molar refractivity (Wildman–Crippen MR) is 103 cm³/mol. The molecule has 4 aliphatic rings. The van der Waals surface area contributed by atoms with E-state index in [0.717, 1.165) is 21.2 Å². The van der Waals surface area contributed by atoms with Crippen LogP contribution in [0.5, 0.6) is 0 Å². The molecule has 0 unspecified atom stereocenters. The highest BCUT2D eigenvalue weighted by molar-refractivity contribution is 8.00. The van der Waals surface area contributed by atoms with E-state index in [1.165, 1.54) is 11.3 Å². The van der Waals surface area contributed by atoms with Crippen LogP contribution in [0.4, 0.5) is 0 Å². The van der Waals surface area contributed by atoms with Gasteiger partial charge in [0.05, 0.1) is 23.5 Å². The average molecular weight is 423 g/mol. The number of aromatic amines is 1. The molecule has 7 nitrogen and oxygen atoms in total. The normalized spacial score (nSPS) is 37.0. The van der Waals surface area contributed by atoms with Crippen LogP contribution in [0.15, 0.2) is 9.82 Å². The number of imide groups is 1. The van der Waals surface area contributed by atoms with Crippen LogP contribution in [-0.2, 0) is 24.5 Å². The Balaban J connectivity index is 1.49. The first-order valence-electron chi connectivity index (χ1n) is 9.66. The molecule has 2 saturated carbocycles. The van der Waals surface area contributed by atoms with Gasteiger partial charge in [0.15, 0.2) is 0 Å². The summed E-state index contributed by atoms with van der Waals surface area (Å²) in [6.45, 7) is 5.95. The molecule has 3 fully saturated rings. The van der Waals surface area contributed by atoms with Gasteiger partial charge in [-0.3, -0.25) is 24.1 Å². The molecule has 0 radical (unpaired) electrons. The van der Waals surface area contributed by atoms with E-state index in [1.807, 2.05) is 0 Å². The molecule has 150 valence electrons. The number of likely N-dealkylation sites (tertiary alicyclic amines) is 1. The Morgan fingerprint density at radius 3 is 2.57 bits per heavy atom. The van der Waals surface area contributed by atoms with Gasteiger partial charge in [0.1, 0.15) is 6.54 Å². The molecule has 1 N–H and O–H groups in total. The number of nitrogens with one attached hydrogen (secondary N) is 1. The fourth-order valence-corrected chi connectivity index (χ4v) is 9.36. The van der Waals surface area contributed by atoms with Crippen molar-refractivity contribution in [3.63, 3.8) is 0 Å². The minimum absolute atomic E-state index is 0.0501. The number of rotatable bonds is 3. The number of thiazole rings is 1. The molecule has 9 heteroatoms. The van der Waals surface area contributed by atoms with Crippen molar-refractivity contribution in [3.8, 4) is 0 Å². The zero-order chi connectivity index (χ0) is 20.0. The third-order valence-corrected chi connectivity index (χ3v) is 9.88. The lowest BCUT2D eigenvalue weighted by atomic mass is 9.64. The molecular weight excluding hydrogens is 400 g/mol. The van der Waals surface area contributed by atoms with Gasteiger partial charge in [-0.15, -0.1) is 11.8 Å². The van der Waals surface area contributed by atoms with Gasteiger partial charge in [-0.2, -0.15) is 0 Å². The number of carbonyl (C=O) groups excluding carboxylic acids is 3. The fraction of sp³-hybridized carbons (Fsp3) is 0.684. The molecule has 28 heavy (non-hydrogen) atoms. The van der Waals surface area contributed by atoms with E-state index in [9.17, 15) is 19.2 Å². The van der Waals surface area contributed by atoms with Crippen LogP contribution in [0.3, 0.4) is 0 Å². The zero-order valence-electron chi connectivity index (χ0n) is 15.9. The highest BCUT2D eigenvalue weighted by Gasteiger charge is 2.70. The van der Waals surface area contributed by atoms with E-state index in [4.69, 9.17) is 4.74 Å². The first-order valence-corrected chi connectivity index (χ1v) is 11.4. The Kier molecular flexibility index (Phi) is 3.91. The van der Waals surface area contributed by atoms with Crippen molar-refractivity contribution < 1.29 is 19.1 Å². The Labute approximate surface area is 170 Å². The number of esters is 1. The number of thioether (sulfide) groups is 1. The first-order chi connectivity index (χ1) is 13.3. The maximum atomic E-state index is 13.1. The lowest BCUT2D eigenvalue weighted by Gasteiger charge is -2.47. The topological polar surface area (TPSA) is 96.5 Å². The minimum Gasteiger partial charge on any atom is -0.465 e. The monoisotopic (exact) mass is 422 g/mol. The molecule has 2 bridgehead atoms. The Hall–Kier alpha value is -1.61. The molecule has 6 atom stereocenters. The summed E-state index contributed by atoms with van der Waals surface area (Å²) in [5, 5.41) is 1.13. The van der Waals surface area contributed by atoms with Crippen LogP contribution in [0.25, 0.3) is 0 Å². The van der Waals surface area contributed by atoms with Crippen molar-refractivity contribution in [3.05, 3.63) is 14.5 Å². The summed E-state index contributed by atoms with van der Waals surface area (Å²) in [7, 11) is 0. The lowest BCUT2D eigenvalue weighted by molar-refractivity contribution is -0.153. The third-order valence-electron chi connectivity index (χ3n) is 7.07. The standard InChI is InChI=1S/C19H22N2O5S2/c1-4-26-9(22)6-21-16(23)10-7-5-8(11(10)17(21)24)13-12(7)19(2,3)14-15(27-13)20-18(25)28-14/h7-8,10-13H,4-6H2,1-3H3,(H,20,25)/t7-,8+,10-,11-,12+,13+/m0/s1. The van der Waals surface area contributed by atoms with E-state index in [-0.39, 0.29) is 70.1 Å². The van der Waals surface area contributed by atoms with E-state index in [2.05, 4.69) is 18.8 Å². The van der Waals surface area contributed by atoms with Gasteiger partial charge < -0.3 is 9.72 Å². The molecular formula is C19H22N2O5S2. The number of fused-ring (bicyclic) bond motifs is 9. The molecule has 0 spiro atoms. The number of hydrogen-bond acceptors (Lipinski definition) is 7. The summed E-state index contributed by atoms with van der Waals surface area (Å²) in [6.07, 6.45) is 0.866. The Bertz CT molecular complexity index is 950. The van der Waals surface area contributed by atoms with E-state index >= 15 is 0 Å². The van der Waals surface area contributed by atoms with Crippen molar-refractivity contribution >= 4 is 40.9 Å². The number of hydrogen-bond donors (Lipinski definition) is 1. The molecule has 5 rings (SSSR count). The largest absolute Gasteiger partial charge is 0.465 e. The van der Waals surface area contributed by atoms with Crippen LogP contribution < -0.4 is 4.87 Å². The summed E-state index contributed by atoms with van der Waals surface area (Å²) < 4.78 is 4.94. The highest BCUT2D eigenvalue weighted by atomic mass is 32.2. The molecule has 1 aromatic rings. The van der Waals surface area contributed by atoms with Gasteiger partial charge in [0.25, 0.3) is 0 Å². The van der Waals surface area contributed by atoms with Crippen LogP contribution in [0.2, 0.25) is 0 Å². The van der Waals surface area contributed by atoms with Gasteiger partial charge >= 0.3 is 10.8 Å². The average Bonchev–Trinajstić information content (AvgIpc) is 3.33. The number of carbonyl (C=O) groups is 3. The summed E-state index contributed by atoms with van der Waals surface area (Å²) in [5.41, 5.74) is -0.225. The highest BCUT2D eigenvalue weighted by Crippen LogP contribution is 2.68. The molecule has 1 saturated heterocycles. The molecule has 1 aromatic heterocycles. The number of aromatic nitrogens is 1. The van der Waals surface area contributed by atoms with Crippen LogP contribution in [-0.4, -0.2) is 46.1 Å². The summed E-state index contributed by atoms with van der Waals surface area (Å²) in [6, 6.07) is 0. The van der Waals surface area contributed by atoms with Crippen molar-refractivity contribution in [2.24, 2.45) is 29.6 Å². The third kappa shape index (κ3) is 2.23. The second-order valence-electron chi connectivity index (χ2n) is 8.69. The smallest absolute Gasteiger partial charge is 0.326 e. The van der Waals surface area contributed by atoms with Gasteiger partial charge in [0, 0.05) is 15.5 Å². The minimum atomic E-state index is -0.539. The number of ether oxygens (including phenoxy) is 1. The molecule has 3 heterocycles. The van der Waals surface area contributed by atoms with Crippen molar-refractivity contribution in [2.45, 2.75) is 42.9 Å². The van der Waals surface area contributed by atoms with Crippen LogP contribution in [0.1, 0.15) is 32.1 Å². The maximum absolute atomic E-state index is 13.1. The second-order valence-corrected chi connectivity index (χ2v) is 10.9. The number of H-pyrrole nitrogens is 1. The second kappa shape index (κ2) is 5.95. The fourth-order valence-electron chi connectivity index (χ4n) is 6.21. The van der Waals surface area contributed by atoms with Gasteiger partial charge in [-0.05, 0) is 31.1 Å².